The Morgan fingerprint density at radius 1 is 1.14 bits per heavy atom. The molecular formula is C23H30N6. The molecule has 1 aliphatic rings. The van der Waals surface area contributed by atoms with Crippen LogP contribution in [0.5, 0.6) is 0 Å². The maximum absolute atomic E-state index is 4.70. The third-order valence-corrected chi connectivity index (χ3v) is 5.56. The molecule has 1 atom stereocenters. The summed E-state index contributed by atoms with van der Waals surface area (Å²) in [7, 11) is 0. The van der Waals surface area contributed by atoms with Crippen molar-refractivity contribution in [2.45, 2.75) is 46.7 Å². The van der Waals surface area contributed by atoms with Crippen LogP contribution in [-0.2, 0) is 13.1 Å². The summed E-state index contributed by atoms with van der Waals surface area (Å²) in [4.78, 5) is 11.6. The molecule has 3 aromatic rings. The molecule has 1 saturated heterocycles. The van der Waals surface area contributed by atoms with Crippen molar-refractivity contribution in [3.05, 3.63) is 65.2 Å². The van der Waals surface area contributed by atoms with Gasteiger partial charge in [-0.2, -0.15) is 5.10 Å². The maximum atomic E-state index is 4.70. The lowest BCUT2D eigenvalue weighted by atomic mass is 9.99. The van der Waals surface area contributed by atoms with Gasteiger partial charge in [0.05, 0.1) is 18.1 Å². The molecule has 152 valence electrons. The zero-order valence-electron chi connectivity index (χ0n) is 17.6. The van der Waals surface area contributed by atoms with Gasteiger partial charge in [-0.25, -0.2) is 9.67 Å². The summed E-state index contributed by atoms with van der Waals surface area (Å²) in [6, 6.07) is 10.7. The molecule has 1 unspecified atom stereocenters. The van der Waals surface area contributed by atoms with Gasteiger partial charge in [0.2, 0.25) is 0 Å². The molecule has 4 rings (SSSR count). The molecule has 0 saturated carbocycles. The Balaban J connectivity index is 1.46. The molecule has 0 amide bonds. The van der Waals surface area contributed by atoms with Crippen molar-refractivity contribution in [2.24, 2.45) is 5.92 Å². The molecule has 6 heteroatoms. The average Bonchev–Trinajstić information content (AvgIpc) is 3.06. The smallest absolute Gasteiger partial charge is 0.174 e. The number of hydrogen-bond acceptors (Lipinski definition) is 5. The van der Waals surface area contributed by atoms with Gasteiger partial charge in [-0.1, -0.05) is 31.2 Å². The van der Waals surface area contributed by atoms with Crippen LogP contribution in [0.25, 0.3) is 5.82 Å². The fourth-order valence-corrected chi connectivity index (χ4v) is 4.14. The van der Waals surface area contributed by atoms with E-state index in [4.69, 9.17) is 4.98 Å². The minimum absolute atomic E-state index is 0.731. The number of nitrogens with zero attached hydrogens (tertiary/aromatic N) is 5. The fourth-order valence-electron chi connectivity index (χ4n) is 4.14. The molecular weight excluding hydrogens is 360 g/mol. The van der Waals surface area contributed by atoms with Gasteiger partial charge in [0.25, 0.3) is 0 Å². The van der Waals surface area contributed by atoms with Crippen LogP contribution < -0.4 is 5.32 Å². The second-order valence-electron chi connectivity index (χ2n) is 8.21. The summed E-state index contributed by atoms with van der Waals surface area (Å²) >= 11 is 0. The zero-order valence-corrected chi connectivity index (χ0v) is 17.6. The van der Waals surface area contributed by atoms with Crippen LogP contribution in [0.1, 0.15) is 42.3 Å². The molecule has 2 aromatic heterocycles. The monoisotopic (exact) mass is 390 g/mol. The SMILES string of the molecule is Cc1cc(C)n(-c2cncc(NCc3ccccc3CN3CCCC(C)C3)n2)n1. The van der Waals surface area contributed by atoms with Crippen molar-refractivity contribution in [3.8, 4) is 5.82 Å². The van der Waals surface area contributed by atoms with Crippen LogP contribution in [0.4, 0.5) is 5.82 Å². The lowest BCUT2D eigenvalue weighted by molar-refractivity contribution is 0.176. The molecule has 1 aromatic carbocycles. The molecule has 0 radical (unpaired) electrons. The van der Waals surface area contributed by atoms with Crippen molar-refractivity contribution in [1.82, 2.24) is 24.6 Å². The molecule has 29 heavy (non-hydrogen) atoms. The number of anilines is 1. The highest BCUT2D eigenvalue weighted by molar-refractivity contribution is 5.39. The van der Waals surface area contributed by atoms with E-state index in [0.717, 1.165) is 42.0 Å². The third-order valence-electron chi connectivity index (χ3n) is 5.56. The van der Waals surface area contributed by atoms with Crippen LogP contribution in [0.2, 0.25) is 0 Å². The fraction of sp³-hybridized carbons (Fsp3) is 0.435. The van der Waals surface area contributed by atoms with Crippen molar-refractivity contribution in [3.63, 3.8) is 0 Å². The normalized spacial score (nSPS) is 17.4. The van der Waals surface area contributed by atoms with Crippen molar-refractivity contribution >= 4 is 5.82 Å². The van der Waals surface area contributed by atoms with E-state index in [2.05, 4.69) is 51.5 Å². The second-order valence-corrected chi connectivity index (χ2v) is 8.21. The molecule has 1 aliphatic heterocycles. The predicted octanol–water partition coefficient (Wildman–Crippen LogP) is 4.12. The minimum atomic E-state index is 0.731. The van der Waals surface area contributed by atoms with Crippen molar-refractivity contribution < 1.29 is 0 Å². The number of aryl methyl sites for hydroxylation is 2. The van der Waals surface area contributed by atoms with E-state index >= 15 is 0 Å². The summed E-state index contributed by atoms with van der Waals surface area (Å²) in [6.45, 7) is 10.5. The van der Waals surface area contributed by atoms with E-state index in [1.165, 1.54) is 37.1 Å². The Kier molecular flexibility index (Phi) is 5.90. The summed E-state index contributed by atoms with van der Waals surface area (Å²) in [5.74, 6) is 2.29. The summed E-state index contributed by atoms with van der Waals surface area (Å²) in [6.07, 6.45) is 6.17. The van der Waals surface area contributed by atoms with Gasteiger partial charge in [0, 0.05) is 25.3 Å². The average molecular weight is 391 g/mol. The zero-order chi connectivity index (χ0) is 20.2. The number of hydrogen-bond donors (Lipinski definition) is 1. The first kappa shape index (κ1) is 19.6. The number of likely N-dealkylation sites (tertiary alicyclic amines) is 1. The first-order chi connectivity index (χ1) is 14.1. The lowest BCUT2D eigenvalue weighted by Crippen LogP contribution is -2.34. The number of aromatic nitrogens is 4. The Labute approximate surface area is 173 Å². The van der Waals surface area contributed by atoms with Gasteiger partial charge >= 0.3 is 0 Å². The minimum Gasteiger partial charge on any atom is -0.365 e. The molecule has 0 bridgehead atoms. The van der Waals surface area contributed by atoms with E-state index in [9.17, 15) is 0 Å². The first-order valence-corrected chi connectivity index (χ1v) is 10.5. The quantitative estimate of drug-likeness (QED) is 0.686. The van der Waals surface area contributed by atoms with Gasteiger partial charge in [-0.15, -0.1) is 0 Å². The van der Waals surface area contributed by atoms with Gasteiger partial charge in [-0.3, -0.25) is 9.88 Å². The molecule has 1 fully saturated rings. The van der Waals surface area contributed by atoms with E-state index in [-0.39, 0.29) is 0 Å². The topological polar surface area (TPSA) is 58.9 Å². The number of nitrogens with one attached hydrogen (secondary N) is 1. The Morgan fingerprint density at radius 3 is 2.72 bits per heavy atom. The van der Waals surface area contributed by atoms with E-state index < -0.39 is 0 Å². The van der Waals surface area contributed by atoms with E-state index in [1.807, 2.05) is 24.6 Å². The van der Waals surface area contributed by atoms with Gasteiger partial charge in [0.15, 0.2) is 5.82 Å². The van der Waals surface area contributed by atoms with E-state index in [1.54, 1.807) is 12.4 Å². The lowest BCUT2D eigenvalue weighted by Gasteiger charge is -2.31. The summed E-state index contributed by atoms with van der Waals surface area (Å²) in [5, 5.41) is 7.96. The molecule has 1 N–H and O–H groups in total. The highest BCUT2D eigenvalue weighted by atomic mass is 15.3. The highest BCUT2D eigenvalue weighted by Crippen LogP contribution is 2.20. The highest BCUT2D eigenvalue weighted by Gasteiger charge is 2.17. The van der Waals surface area contributed by atoms with Gasteiger partial charge < -0.3 is 5.32 Å². The van der Waals surface area contributed by atoms with Crippen molar-refractivity contribution in [1.29, 1.82) is 0 Å². The molecule has 0 aliphatic carbocycles. The van der Waals surface area contributed by atoms with E-state index in [0.29, 0.717) is 0 Å². The number of piperidine rings is 1. The van der Waals surface area contributed by atoms with Gasteiger partial charge in [0.1, 0.15) is 5.82 Å². The van der Waals surface area contributed by atoms with Gasteiger partial charge in [-0.05, 0) is 56.3 Å². The predicted molar refractivity (Wildman–Crippen MR) is 116 cm³/mol. The second kappa shape index (κ2) is 8.74. The Morgan fingerprint density at radius 2 is 1.97 bits per heavy atom. The van der Waals surface area contributed by atoms with Crippen LogP contribution in [0.3, 0.4) is 0 Å². The van der Waals surface area contributed by atoms with Crippen molar-refractivity contribution in [2.75, 3.05) is 18.4 Å². The third kappa shape index (κ3) is 4.82. The molecule has 3 heterocycles. The number of rotatable bonds is 6. The number of benzene rings is 1. The summed E-state index contributed by atoms with van der Waals surface area (Å²) in [5.41, 5.74) is 4.72. The summed E-state index contributed by atoms with van der Waals surface area (Å²) < 4.78 is 1.83. The largest absolute Gasteiger partial charge is 0.365 e. The Hall–Kier alpha value is -2.73. The Bertz CT molecular complexity index is 964. The maximum Gasteiger partial charge on any atom is 0.174 e. The van der Waals surface area contributed by atoms with Crippen LogP contribution in [0.15, 0.2) is 42.7 Å². The first-order valence-electron chi connectivity index (χ1n) is 10.5. The van der Waals surface area contributed by atoms with Crippen LogP contribution >= 0.6 is 0 Å². The molecule has 6 nitrogen and oxygen atoms in total. The molecule has 0 spiro atoms. The standard InChI is InChI=1S/C23H30N6/c1-17-7-6-10-28(15-17)16-21-9-5-4-8-20(21)12-25-22-13-24-14-23(26-22)29-19(3)11-18(2)27-29/h4-5,8-9,11,13-14,17H,6-7,10,12,15-16H2,1-3H3,(H,25,26). The van der Waals surface area contributed by atoms with Crippen LogP contribution in [0, 0.1) is 19.8 Å². The van der Waals surface area contributed by atoms with Crippen LogP contribution in [-0.4, -0.2) is 37.7 Å².